The Morgan fingerprint density at radius 3 is 2.19 bits per heavy atom. The molecule has 2 amide bonds. The maximum atomic E-state index is 12.4. The average molecular weight is 370 g/mol. The highest BCUT2D eigenvalue weighted by Gasteiger charge is 2.45. The monoisotopic (exact) mass is 369 g/mol. The van der Waals surface area contributed by atoms with Crippen LogP contribution in [-0.4, -0.2) is 19.1 Å². The van der Waals surface area contributed by atoms with E-state index >= 15 is 0 Å². The second-order valence-electron chi connectivity index (χ2n) is 7.26. The van der Waals surface area contributed by atoms with Crippen LogP contribution in [0.15, 0.2) is 48.5 Å². The number of piperidine rings is 1. The van der Waals surface area contributed by atoms with E-state index in [1.165, 1.54) is 24.9 Å². The molecule has 1 saturated carbocycles. The number of amides is 2. The number of hydrogen-bond acceptors (Lipinski definition) is 2. The van der Waals surface area contributed by atoms with Crippen molar-refractivity contribution in [3.8, 4) is 0 Å². The highest BCUT2D eigenvalue weighted by molar-refractivity contribution is 6.30. The number of benzene rings is 2. The summed E-state index contributed by atoms with van der Waals surface area (Å²) >= 11 is 5.96. The number of urea groups is 1. The molecule has 0 radical (unpaired) electrons. The maximum Gasteiger partial charge on any atom is 0.319 e. The van der Waals surface area contributed by atoms with Gasteiger partial charge in [-0.2, -0.15) is 0 Å². The molecule has 1 heterocycles. The molecular formula is C21H24ClN3O. The van der Waals surface area contributed by atoms with Crippen molar-refractivity contribution in [1.82, 2.24) is 5.32 Å². The number of nitrogens with zero attached hydrogens (tertiary/aromatic N) is 1. The molecule has 2 N–H and O–H groups in total. The SMILES string of the molecule is O=C(Nc1ccc(N2CCCCC2)cc1)NC1(c2ccc(Cl)cc2)CC1. The molecule has 26 heavy (non-hydrogen) atoms. The minimum absolute atomic E-state index is 0.164. The molecule has 2 fully saturated rings. The third-order valence-electron chi connectivity index (χ3n) is 5.35. The van der Waals surface area contributed by atoms with Crippen molar-refractivity contribution in [1.29, 1.82) is 0 Å². The lowest BCUT2D eigenvalue weighted by Gasteiger charge is -2.28. The van der Waals surface area contributed by atoms with Crippen LogP contribution in [0.25, 0.3) is 0 Å². The number of anilines is 2. The van der Waals surface area contributed by atoms with Gasteiger partial charge in [-0.1, -0.05) is 23.7 Å². The lowest BCUT2D eigenvalue weighted by Crippen LogP contribution is -2.38. The third-order valence-corrected chi connectivity index (χ3v) is 5.60. The third kappa shape index (κ3) is 3.80. The van der Waals surface area contributed by atoms with E-state index in [-0.39, 0.29) is 11.6 Å². The van der Waals surface area contributed by atoms with Gasteiger partial charge >= 0.3 is 6.03 Å². The Hall–Kier alpha value is -2.20. The van der Waals surface area contributed by atoms with Gasteiger partial charge in [0.25, 0.3) is 0 Å². The molecular weight excluding hydrogens is 346 g/mol. The van der Waals surface area contributed by atoms with E-state index in [4.69, 9.17) is 11.6 Å². The Morgan fingerprint density at radius 1 is 0.923 bits per heavy atom. The zero-order valence-corrected chi connectivity index (χ0v) is 15.6. The Bertz CT molecular complexity index is 763. The van der Waals surface area contributed by atoms with Gasteiger partial charge < -0.3 is 15.5 Å². The number of hydrogen-bond donors (Lipinski definition) is 2. The molecule has 2 aliphatic rings. The fourth-order valence-corrected chi connectivity index (χ4v) is 3.79. The number of rotatable bonds is 4. The predicted octanol–water partition coefficient (Wildman–Crippen LogP) is 5.14. The van der Waals surface area contributed by atoms with Gasteiger partial charge in [0.2, 0.25) is 0 Å². The summed E-state index contributed by atoms with van der Waals surface area (Å²) in [5, 5.41) is 6.79. The van der Waals surface area contributed by atoms with Crippen LogP contribution in [0.5, 0.6) is 0 Å². The molecule has 1 aliphatic carbocycles. The standard InChI is InChI=1S/C21H24ClN3O/c22-17-6-4-16(5-7-17)21(12-13-21)24-20(26)23-18-8-10-19(11-9-18)25-14-2-1-3-15-25/h4-11H,1-3,12-15H2,(H2,23,24,26). The largest absolute Gasteiger partial charge is 0.372 e. The highest BCUT2D eigenvalue weighted by Crippen LogP contribution is 2.45. The van der Waals surface area contributed by atoms with E-state index in [1.807, 2.05) is 36.4 Å². The van der Waals surface area contributed by atoms with Crippen LogP contribution >= 0.6 is 11.6 Å². The second kappa shape index (κ2) is 7.20. The molecule has 2 aromatic rings. The molecule has 1 saturated heterocycles. The minimum Gasteiger partial charge on any atom is -0.372 e. The van der Waals surface area contributed by atoms with Crippen molar-refractivity contribution in [2.24, 2.45) is 0 Å². The summed E-state index contributed by atoms with van der Waals surface area (Å²) in [6, 6.07) is 15.7. The van der Waals surface area contributed by atoms with Crippen LogP contribution < -0.4 is 15.5 Å². The molecule has 136 valence electrons. The van der Waals surface area contributed by atoms with E-state index in [9.17, 15) is 4.79 Å². The van der Waals surface area contributed by atoms with Gasteiger partial charge in [0.15, 0.2) is 0 Å². The normalized spacial score (nSPS) is 18.3. The molecule has 0 spiro atoms. The highest BCUT2D eigenvalue weighted by atomic mass is 35.5. The van der Waals surface area contributed by atoms with E-state index in [2.05, 4.69) is 27.7 Å². The van der Waals surface area contributed by atoms with Crippen molar-refractivity contribution < 1.29 is 4.79 Å². The Labute approximate surface area is 159 Å². The molecule has 5 heteroatoms. The first-order chi connectivity index (χ1) is 12.6. The Morgan fingerprint density at radius 2 is 1.58 bits per heavy atom. The maximum absolute atomic E-state index is 12.4. The fourth-order valence-electron chi connectivity index (χ4n) is 3.67. The van der Waals surface area contributed by atoms with Crippen LogP contribution in [-0.2, 0) is 5.54 Å². The van der Waals surface area contributed by atoms with Crippen molar-refractivity contribution >= 4 is 29.0 Å². The van der Waals surface area contributed by atoms with Crippen molar-refractivity contribution in [2.45, 2.75) is 37.6 Å². The summed E-state index contributed by atoms with van der Waals surface area (Å²) in [5.74, 6) is 0. The molecule has 0 aromatic heterocycles. The summed E-state index contributed by atoms with van der Waals surface area (Å²) in [5.41, 5.74) is 2.91. The molecule has 1 aliphatic heterocycles. The van der Waals surface area contributed by atoms with Gasteiger partial charge in [-0.25, -0.2) is 4.79 Å². The molecule has 4 rings (SSSR count). The van der Waals surface area contributed by atoms with E-state index in [0.717, 1.165) is 37.2 Å². The summed E-state index contributed by atoms with van der Waals surface area (Å²) < 4.78 is 0. The number of carbonyl (C=O) groups excluding carboxylic acids is 1. The summed E-state index contributed by atoms with van der Waals surface area (Å²) in [6.07, 6.45) is 5.75. The smallest absolute Gasteiger partial charge is 0.319 e. The van der Waals surface area contributed by atoms with Crippen molar-refractivity contribution in [3.05, 3.63) is 59.1 Å². The van der Waals surface area contributed by atoms with Gasteiger partial charge in [-0.3, -0.25) is 0 Å². The van der Waals surface area contributed by atoms with Crippen LogP contribution in [0.4, 0.5) is 16.2 Å². The van der Waals surface area contributed by atoms with E-state index < -0.39 is 0 Å². The van der Waals surface area contributed by atoms with Crippen LogP contribution in [0.2, 0.25) is 5.02 Å². The number of nitrogens with one attached hydrogen (secondary N) is 2. The Kier molecular flexibility index (Phi) is 4.77. The summed E-state index contributed by atoms with van der Waals surface area (Å²) in [6.45, 7) is 2.24. The van der Waals surface area contributed by atoms with Gasteiger partial charge in [0.1, 0.15) is 0 Å². The lowest BCUT2D eigenvalue weighted by atomic mass is 10.1. The molecule has 0 unspecified atom stereocenters. The van der Waals surface area contributed by atoms with Crippen molar-refractivity contribution in [2.75, 3.05) is 23.3 Å². The minimum atomic E-state index is -0.248. The predicted molar refractivity (Wildman–Crippen MR) is 107 cm³/mol. The molecule has 0 bridgehead atoms. The molecule has 0 atom stereocenters. The quantitative estimate of drug-likeness (QED) is 0.783. The van der Waals surface area contributed by atoms with Crippen molar-refractivity contribution in [3.63, 3.8) is 0 Å². The first-order valence-corrected chi connectivity index (χ1v) is 9.73. The summed E-state index contributed by atoms with van der Waals surface area (Å²) in [4.78, 5) is 14.8. The van der Waals surface area contributed by atoms with Gasteiger partial charge in [0.05, 0.1) is 5.54 Å². The van der Waals surface area contributed by atoms with Crippen LogP contribution in [0.3, 0.4) is 0 Å². The number of halogens is 1. The molecule has 2 aromatic carbocycles. The molecule has 4 nitrogen and oxygen atoms in total. The first kappa shape index (κ1) is 17.2. The summed E-state index contributed by atoms with van der Waals surface area (Å²) in [7, 11) is 0. The fraction of sp³-hybridized carbons (Fsp3) is 0.381. The van der Waals surface area contributed by atoms with Gasteiger partial charge in [-0.05, 0) is 74.1 Å². The number of carbonyl (C=O) groups is 1. The lowest BCUT2D eigenvalue weighted by molar-refractivity contribution is 0.247. The van der Waals surface area contributed by atoms with Gasteiger partial charge in [0, 0.05) is 29.5 Å². The van der Waals surface area contributed by atoms with E-state index in [0.29, 0.717) is 5.02 Å². The van der Waals surface area contributed by atoms with Crippen LogP contribution in [0.1, 0.15) is 37.7 Å². The first-order valence-electron chi connectivity index (χ1n) is 9.35. The van der Waals surface area contributed by atoms with E-state index in [1.54, 1.807) is 0 Å². The zero-order valence-electron chi connectivity index (χ0n) is 14.8. The zero-order chi connectivity index (χ0) is 18.0. The second-order valence-corrected chi connectivity index (χ2v) is 7.70. The Balaban J connectivity index is 1.36. The van der Waals surface area contributed by atoms with Crippen LogP contribution in [0, 0.1) is 0 Å². The topological polar surface area (TPSA) is 44.4 Å². The average Bonchev–Trinajstić information content (AvgIpc) is 3.44. The van der Waals surface area contributed by atoms with Gasteiger partial charge in [-0.15, -0.1) is 0 Å².